The molecule has 0 unspecified atom stereocenters. The fourth-order valence-corrected chi connectivity index (χ4v) is 7.57. The molecule has 1 N–H and O–H groups in total. The Morgan fingerprint density at radius 2 is 2.00 bits per heavy atom. The van der Waals surface area contributed by atoms with Gasteiger partial charge in [0.05, 0.1) is 17.1 Å². The SMILES string of the molecule is O=C(N1CCc2ncc(C(F)(F)F)cc2C1)[C@@]12CCC[C@@H]1C[C@@H](N[C@@H]1CCO[C@@H](Cc3ccccc3)C1)C2. The van der Waals surface area contributed by atoms with Crippen molar-refractivity contribution in [2.24, 2.45) is 11.3 Å². The van der Waals surface area contributed by atoms with Crippen LogP contribution >= 0.6 is 0 Å². The number of carbonyl (C=O) groups is 1. The van der Waals surface area contributed by atoms with E-state index in [0.717, 1.165) is 64.2 Å². The molecule has 1 amide bonds. The molecule has 2 aromatic rings. The van der Waals surface area contributed by atoms with Crippen LogP contribution in [0.25, 0.3) is 0 Å². The first-order valence-electron chi connectivity index (χ1n) is 14.1. The van der Waals surface area contributed by atoms with Gasteiger partial charge in [0.2, 0.25) is 5.91 Å². The summed E-state index contributed by atoms with van der Waals surface area (Å²) in [4.78, 5) is 19.9. The number of benzene rings is 1. The number of alkyl halides is 3. The summed E-state index contributed by atoms with van der Waals surface area (Å²) in [6.07, 6.45) is 4.84. The van der Waals surface area contributed by atoms with Crippen molar-refractivity contribution in [1.29, 1.82) is 0 Å². The minimum Gasteiger partial charge on any atom is -0.378 e. The Labute approximate surface area is 222 Å². The van der Waals surface area contributed by atoms with Crippen molar-refractivity contribution in [3.05, 3.63) is 65.0 Å². The second kappa shape index (κ2) is 10.3. The van der Waals surface area contributed by atoms with Gasteiger partial charge in [-0.25, -0.2) is 0 Å². The Balaban J connectivity index is 1.11. The molecule has 3 fully saturated rings. The molecule has 1 saturated heterocycles. The van der Waals surface area contributed by atoms with Crippen LogP contribution in [0, 0.1) is 11.3 Å². The van der Waals surface area contributed by atoms with E-state index in [1.165, 1.54) is 11.6 Å². The molecule has 1 aromatic heterocycles. The van der Waals surface area contributed by atoms with Crippen LogP contribution in [0.3, 0.4) is 0 Å². The van der Waals surface area contributed by atoms with E-state index in [1.54, 1.807) is 0 Å². The highest BCUT2D eigenvalue weighted by atomic mass is 19.4. The fraction of sp³-hybridized carbons (Fsp3) is 0.600. The van der Waals surface area contributed by atoms with E-state index >= 15 is 0 Å². The first-order valence-corrected chi connectivity index (χ1v) is 14.1. The molecular formula is C30H36F3N3O2. The van der Waals surface area contributed by atoms with Crippen molar-refractivity contribution in [3.63, 3.8) is 0 Å². The molecule has 0 spiro atoms. The molecule has 6 rings (SSSR count). The lowest BCUT2D eigenvalue weighted by Gasteiger charge is -2.37. The van der Waals surface area contributed by atoms with Crippen molar-refractivity contribution in [2.75, 3.05) is 13.2 Å². The number of nitrogens with one attached hydrogen (secondary N) is 1. The van der Waals surface area contributed by atoms with Gasteiger partial charge in [-0.1, -0.05) is 36.8 Å². The lowest BCUT2D eigenvalue weighted by molar-refractivity contribution is -0.144. The van der Waals surface area contributed by atoms with E-state index in [4.69, 9.17) is 4.74 Å². The summed E-state index contributed by atoms with van der Waals surface area (Å²) in [6.45, 7) is 1.49. The van der Waals surface area contributed by atoms with Gasteiger partial charge in [0.15, 0.2) is 0 Å². The lowest BCUT2D eigenvalue weighted by atomic mass is 9.78. The maximum Gasteiger partial charge on any atom is 0.417 e. The van der Waals surface area contributed by atoms with Crippen molar-refractivity contribution in [1.82, 2.24) is 15.2 Å². The number of amides is 1. The zero-order valence-corrected chi connectivity index (χ0v) is 21.7. The fourth-order valence-electron chi connectivity index (χ4n) is 7.57. The Hall–Kier alpha value is -2.45. The molecule has 2 aliphatic heterocycles. The van der Waals surface area contributed by atoms with Crippen LogP contribution in [0.1, 0.15) is 67.3 Å². The predicted octanol–water partition coefficient (Wildman–Crippen LogP) is 5.31. The first kappa shape index (κ1) is 25.8. The van der Waals surface area contributed by atoms with Gasteiger partial charge < -0.3 is 15.0 Å². The van der Waals surface area contributed by atoms with Crippen molar-refractivity contribution in [2.45, 2.75) is 88.7 Å². The van der Waals surface area contributed by atoms with Crippen molar-refractivity contribution in [3.8, 4) is 0 Å². The lowest BCUT2D eigenvalue weighted by Crippen LogP contribution is -2.48. The number of pyridine rings is 1. The molecule has 5 nitrogen and oxygen atoms in total. The second-order valence-corrected chi connectivity index (χ2v) is 11.8. The number of rotatable bonds is 5. The maximum atomic E-state index is 14.0. The first-order chi connectivity index (χ1) is 18.3. The highest BCUT2D eigenvalue weighted by Crippen LogP contribution is 2.55. The molecular weight excluding hydrogens is 491 g/mol. The van der Waals surface area contributed by atoms with Gasteiger partial charge in [0, 0.05) is 50.1 Å². The van der Waals surface area contributed by atoms with Gasteiger partial charge in [-0.15, -0.1) is 0 Å². The summed E-state index contributed by atoms with van der Waals surface area (Å²) in [6, 6.07) is 12.3. The molecule has 38 heavy (non-hydrogen) atoms. The predicted molar refractivity (Wildman–Crippen MR) is 137 cm³/mol. The summed E-state index contributed by atoms with van der Waals surface area (Å²) >= 11 is 0. The molecule has 0 bridgehead atoms. The summed E-state index contributed by atoms with van der Waals surface area (Å²) in [5.41, 5.74) is 1.37. The summed E-state index contributed by atoms with van der Waals surface area (Å²) in [7, 11) is 0. The van der Waals surface area contributed by atoms with Gasteiger partial charge in [-0.2, -0.15) is 13.2 Å². The number of fused-ring (bicyclic) bond motifs is 2. The third-order valence-electron chi connectivity index (χ3n) is 9.36. The molecule has 8 heteroatoms. The van der Waals surface area contributed by atoms with Gasteiger partial charge in [0.25, 0.3) is 0 Å². The van der Waals surface area contributed by atoms with Gasteiger partial charge >= 0.3 is 6.18 Å². The Kier molecular flexibility index (Phi) is 6.97. The highest BCUT2D eigenvalue weighted by Gasteiger charge is 2.56. The van der Waals surface area contributed by atoms with E-state index in [-0.39, 0.29) is 18.6 Å². The van der Waals surface area contributed by atoms with E-state index in [1.807, 2.05) is 11.0 Å². The van der Waals surface area contributed by atoms with Crippen molar-refractivity contribution < 1.29 is 22.7 Å². The number of nitrogens with zero attached hydrogens (tertiary/aromatic N) is 2. The summed E-state index contributed by atoms with van der Waals surface area (Å²) in [5, 5.41) is 3.90. The third-order valence-corrected chi connectivity index (χ3v) is 9.36. The number of carbonyl (C=O) groups excluding carboxylic acids is 1. The highest BCUT2D eigenvalue weighted by molar-refractivity contribution is 5.84. The Bertz CT molecular complexity index is 1160. The molecule has 1 aromatic carbocycles. The molecule has 3 heterocycles. The number of halogens is 3. The summed E-state index contributed by atoms with van der Waals surface area (Å²) in [5.74, 6) is 0.481. The quantitative estimate of drug-likeness (QED) is 0.573. The average Bonchev–Trinajstić information content (AvgIpc) is 3.46. The van der Waals surface area contributed by atoms with Crippen LogP contribution < -0.4 is 5.32 Å². The zero-order chi connectivity index (χ0) is 26.3. The van der Waals surface area contributed by atoms with Crippen LogP contribution in [0.5, 0.6) is 0 Å². The average molecular weight is 528 g/mol. The monoisotopic (exact) mass is 527 g/mol. The van der Waals surface area contributed by atoms with Crippen LogP contribution in [0.2, 0.25) is 0 Å². The largest absolute Gasteiger partial charge is 0.417 e. The third kappa shape index (κ3) is 5.09. The maximum absolute atomic E-state index is 14.0. The van der Waals surface area contributed by atoms with Crippen molar-refractivity contribution >= 4 is 5.91 Å². The van der Waals surface area contributed by atoms with Gasteiger partial charge in [-0.3, -0.25) is 9.78 Å². The van der Waals surface area contributed by atoms with Crippen LogP contribution in [-0.2, 0) is 35.1 Å². The standard InChI is InChI=1S/C30H36F3N3O2/c31-30(32,33)23-14-21-19-36(11-8-27(21)34-18-23)28(37)29-10-4-7-22(29)15-25(17-29)35-24-9-12-38-26(16-24)13-20-5-2-1-3-6-20/h1-3,5-6,14,18,22,24-26,35H,4,7-13,15-17,19H2/t22-,24-,25-,26+,29-/m1/s1. The summed E-state index contributed by atoms with van der Waals surface area (Å²) < 4.78 is 45.9. The zero-order valence-electron chi connectivity index (χ0n) is 21.7. The number of ether oxygens (including phenoxy) is 1. The van der Waals surface area contributed by atoms with E-state index in [2.05, 4.69) is 34.6 Å². The minimum atomic E-state index is -4.43. The molecule has 4 aliphatic rings. The van der Waals surface area contributed by atoms with Crippen LogP contribution in [0.4, 0.5) is 13.2 Å². The normalized spacial score (nSPS) is 31.2. The van der Waals surface area contributed by atoms with Crippen LogP contribution in [-0.4, -0.2) is 47.1 Å². The van der Waals surface area contributed by atoms with E-state index in [0.29, 0.717) is 42.2 Å². The van der Waals surface area contributed by atoms with E-state index in [9.17, 15) is 18.0 Å². The van der Waals surface area contributed by atoms with Crippen LogP contribution in [0.15, 0.2) is 42.6 Å². The molecule has 2 saturated carbocycles. The number of aromatic nitrogens is 1. The molecule has 204 valence electrons. The number of hydrogen-bond acceptors (Lipinski definition) is 4. The topological polar surface area (TPSA) is 54.5 Å². The van der Waals surface area contributed by atoms with E-state index < -0.39 is 17.2 Å². The molecule has 5 atom stereocenters. The second-order valence-electron chi connectivity index (χ2n) is 11.8. The van der Waals surface area contributed by atoms with Gasteiger partial charge in [-0.05, 0) is 68.1 Å². The minimum absolute atomic E-state index is 0.140. The number of hydrogen-bond donors (Lipinski definition) is 1. The Morgan fingerprint density at radius 3 is 2.82 bits per heavy atom. The molecule has 2 aliphatic carbocycles. The Morgan fingerprint density at radius 1 is 1.16 bits per heavy atom. The van der Waals surface area contributed by atoms with Gasteiger partial charge in [0.1, 0.15) is 0 Å². The molecule has 0 radical (unpaired) electrons. The smallest absolute Gasteiger partial charge is 0.378 e.